The highest BCUT2D eigenvalue weighted by atomic mass is 15.1. The van der Waals surface area contributed by atoms with E-state index in [0.717, 1.165) is 12.0 Å². The first-order chi connectivity index (χ1) is 6.36. The highest BCUT2D eigenvalue weighted by Crippen LogP contribution is 2.24. The minimum Gasteiger partial charge on any atom is -0.314 e. The summed E-state index contributed by atoms with van der Waals surface area (Å²) in [5, 5.41) is 3.69. The number of nitrogens with zero attached hydrogens (tertiary/aromatic N) is 1. The maximum absolute atomic E-state index is 3.69. The Morgan fingerprint density at radius 3 is 2.46 bits per heavy atom. The molecule has 0 amide bonds. The molecule has 13 heavy (non-hydrogen) atoms. The summed E-state index contributed by atoms with van der Waals surface area (Å²) in [6, 6.07) is 0.849. The molecule has 0 radical (unpaired) electrons. The fraction of sp³-hybridized carbons (Fsp3) is 1.00. The highest BCUT2D eigenvalue weighted by Gasteiger charge is 2.25. The molecule has 1 atom stereocenters. The molecule has 2 aliphatic heterocycles. The lowest BCUT2D eigenvalue weighted by molar-refractivity contribution is 0.170. The second kappa shape index (κ2) is 4.43. The quantitative estimate of drug-likeness (QED) is 0.660. The van der Waals surface area contributed by atoms with E-state index in [1.54, 1.807) is 0 Å². The third kappa shape index (κ3) is 2.44. The summed E-state index contributed by atoms with van der Waals surface area (Å²) >= 11 is 0. The molecule has 2 nitrogen and oxygen atoms in total. The largest absolute Gasteiger partial charge is 0.314 e. The molecule has 1 N–H and O–H groups in total. The lowest BCUT2D eigenvalue weighted by atomic mass is 9.85. The Labute approximate surface area is 81.7 Å². The first-order valence-electron chi connectivity index (χ1n) is 5.78. The van der Waals surface area contributed by atoms with E-state index in [4.69, 9.17) is 0 Å². The summed E-state index contributed by atoms with van der Waals surface area (Å²) < 4.78 is 0. The monoisotopic (exact) mass is 182 g/mol. The van der Waals surface area contributed by atoms with Crippen molar-refractivity contribution >= 4 is 0 Å². The predicted molar refractivity (Wildman–Crippen MR) is 55.9 cm³/mol. The van der Waals surface area contributed by atoms with Crippen LogP contribution in [0.4, 0.5) is 0 Å². The number of hydrogen-bond acceptors (Lipinski definition) is 2. The highest BCUT2D eigenvalue weighted by molar-refractivity contribution is 4.83. The van der Waals surface area contributed by atoms with Gasteiger partial charge < -0.3 is 10.2 Å². The Bertz CT molecular complexity index is 144. The van der Waals surface area contributed by atoms with Crippen LogP contribution >= 0.6 is 0 Å². The van der Waals surface area contributed by atoms with E-state index in [1.165, 1.54) is 51.7 Å². The third-order valence-electron chi connectivity index (χ3n) is 3.68. The van der Waals surface area contributed by atoms with Crippen LogP contribution in [0.25, 0.3) is 0 Å². The van der Waals surface area contributed by atoms with E-state index < -0.39 is 0 Å². The first-order valence-corrected chi connectivity index (χ1v) is 5.78. The summed E-state index contributed by atoms with van der Waals surface area (Å²) in [4.78, 5) is 2.46. The summed E-state index contributed by atoms with van der Waals surface area (Å²) in [5.74, 6) is 0.969. The van der Waals surface area contributed by atoms with Crippen LogP contribution in [0.1, 0.15) is 32.1 Å². The van der Waals surface area contributed by atoms with Crippen molar-refractivity contribution in [1.29, 1.82) is 0 Å². The van der Waals surface area contributed by atoms with Crippen LogP contribution in [0.2, 0.25) is 0 Å². The van der Waals surface area contributed by atoms with Crippen molar-refractivity contribution in [2.75, 3.05) is 26.7 Å². The molecule has 0 aromatic rings. The number of hydrogen-bond donors (Lipinski definition) is 1. The van der Waals surface area contributed by atoms with Crippen molar-refractivity contribution in [3.05, 3.63) is 0 Å². The maximum atomic E-state index is 3.69. The second-order valence-corrected chi connectivity index (χ2v) is 4.70. The Morgan fingerprint density at radius 2 is 1.85 bits per heavy atom. The van der Waals surface area contributed by atoms with Crippen molar-refractivity contribution in [2.24, 2.45) is 5.92 Å². The third-order valence-corrected chi connectivity index (χ3v) is 3.68. The lowest BCUT2D eigenvalue weighted by Crippen LogP contribution is -2.44. The minimum absolute atomic E-state index is 0.849. The second-order valence-electron chi connectivity index (χ2n) is 4.70. The normalized spacial score (nSPS) is 33.5. The van der Waals surface area contributed by atoms with Crippen molar-refractivity contribution in [3.8, 4) is 0 Å². The Hall–Kier alpha value is -0.0800. The minimum atomic E-state index is 0.849. The smallest absolute Gasteiger partial charge is 0.00962 e. The van der Waals surface area contributed by atoms with E-state index in [9.17, 15) is 0 Å². The molecule has 2 aliphatic rings. The molecular weight excluding hydrogens is 160 g/mol. The average Bonchev–Trinajstić information content (AvgIpc) is 2.20. The van der Waals surface area contributed by atoms with Gasteiger partial charge in [0.1, 0.15) is 0 Å². The summed E-state index contributed by atoms with van der Waals surface area (Å²) in [6.45, 7) is 3.88. The van der Waals surface area contributed by atoms with Crippen LogP contribution in [0, 0.1) is 5.92 Å². The molecule has 0 spiro atoms. The molecular formula is C11H22N2. The summed E-state index contributed by atoms with van der Waals surface area (Å²) in [7, 11) is 2.24. The SMILES string of the molecule is CN1CCC([C@H]2CCCCN2)CC1. The predicted octanol–water partition coefficient (Wildman–Crippen LogP) is 1.47. The molecule has 0 aliphatic carbocycles. The fourth-order valence-electron chi connectivity index (χ4n) is 2.71. The van der Waals surface area contributed by atoms with E-state index >= 15 is 0 Å². The van der Waals surface area contributed by atoms with Crippen LogP contribution in [-0.2, 0) is 0 Å². The molecule has 2 heteroatoms. The Kier molecular flexibility index (Phi) is 3.23. The van der Waals surface area contributed by atoms with Crippen molar-refractivity contribution in [2.45, 2.75) is 38.1 Å². The van der Waals surface area contributed by atoms with Gasteiger partial charge in [-0.2, -0.15) is 0 Å². The standard InChI is InChI=1S/C11H22N2/c1-13-8-5-10(6-9-13)11-4-2-3-7-12-11/h10-12H,2-9H2,1H3/t11-/m1/s1. The topological polar surface area (TPSA) is 15.3 Å². The summed E-state index contributed by atoms with van der Waals surface area (Å²) in [6.07, 6.45) is 7.09. The molecule has 76 valence electrons. The van der Waals surface area contributed by atoms with Gasteiger partial charge in [-0.05, 0) is 58.3 Å². The van der Waals surface area contributed by atoms with Gasteiger partial charge in [0, 0.05) is 6.04 Å². The van der Waals surface area contributed by atoms with Gasteiger partial charge in [0.25, 0.3) is 0 Å². The van der Waals surface area contributed by atoms with Crippen LogP contribution in [0.3, 0.4) is 0 Å². The number of nitrogens with one attached hydrogen (secondary N) is 1. The van der Waals surface area contributed by atoms with Crippen LogP contribution in [0.15, 0.2) is 0 Å². The molecule has 0 aromatic carbocycles. The molecule has 2 rings (SSSR count). The van der Waals surface area contributed by atoms with E-state index in [1.807, 2.05) is 0 Å². The van der Waals surface area contributed by atoms with E-state index in [0.29, 0.717) is 0 Å². The van der Waals surface area contributed by atoms with Crippen LogP contribution in [0.5, 0.6) is 0 Å². The van der Waals surface area contributed by atoms with Gasteiger partial charge in [-0.25, -0.2) is 0 Å². The average molecular weight is 182 g/mol. The Balaban J connectivity index is 1.79. The molecule has 2 fully saturated rings. The van der Waals surface area contributed by atoms with E-state index in [2.05, 4.69) is 17.3 Å². The van der Waals surface area contributed by atoms with Gasteiger partial charge in [-0.3, -0.25) is 0 Å². The molecule has 2 saturated heterocycles. The van der Waals surface area contributed by atoms with E-state index in [-0.39, 0.29) is 0 Å². The number of likely N-dealkylation sites (tertiary alicyclic amines) is 1. The number of piperidine rings is 2. The molecule has 2 heterocycles. The van der Waals surface area contributed by atoms with Gasteiger partial charge >= 0.3 is 0 Å². The zero-order valence-corrected chi connectivity index (χ0v) is 8.76. The summed E-state index contributed by atoms with van der Waals surface area (Å²) in [5.41, 5.74) is 0. The lowest BCUT2D eigenvalue weighted by Gasteiger charge is -2.36. The number of rotatable bonds is 1. The van der Waals surface area contributed by atoms with Gasteiger partial charge in [-0.15, -0.1) is 0 Å². The molecule has 0 saturated carbocycles. The maximum Gasteiger partial charge on any atom is 0.00962 e. The fourth-order valence-corrected chi connectivity index (χ4v) is 2.71. The zero-order valence-electron chi connectivity index (χ0n) is 8.76. The molecule has 0 unspecified atom stereocenters. The van der Waals surface area contributed by atoms with Gasteiger partial charge in [0.2, 0.25) is 0 Å². The van der Waals surface area contributed by atoms with Crippen molar-refractivity contribution in [3.63, 3.8) is 0 Å². The van der Waals surface area contributed by atoms with Crippen molar-refractivity contribution < 1.29 is 0 Å². The van der Waals surface area contributed by atoms with Gasteiger partial charge in [0.05, 0.1) is 0 Å². The van der Waals surface area contributed by atoms with Gasteiger partial charge in [0.15, 0.2) is 0 Å². The first kappa shape index (κ1) is 9.47. The molecule has 0 aromatic heterocycles. The van der Waals surface area contributed by atoms with Gasteiger partial charge in [-0.1, -0.05) is 6.42 Å². The van der Waals surface area contributed by atoms with Crippen LogP contribution < -0.4 is 5.32 Å². The zero-order chi connectivity index (χ0) is 9.10. The van der Waals surface area contributed by atoms with Crippen molar-refractivity contribution in [1.82, 2.24) is 10.2 Å². The Morgan fingerprint density at radius 1 is 1.08 bits per heavy atom. The van der Waals surface area contributed by atoms with Crippen LogP contribution in [-0.4, -0.2) is 37.6 Å². The molecule has 0 bridgehead atoms.